The first-order valence-electron chi connectivity index (χ1n) is 10.5. The molecule has 0 bridgehead atoms. The number of guanidine groups is 1. The normalized spacial score (nSPS) is 35.5. The second-order valence-corrected chi connectivity index (χ2v) is 10.9. The Balaban J connectivity index is 1.36. The highest BCUT2D eigenvalue weighted by atomic mass is 32.2. The Labute approximate surface area is 157 Å². The van der Waals surface area contributed by atoms with Crippen molar-refractivity contribution in [2.24, 2.45) is 16.8 Å². The summed E-state index contributed by atoms with van der Waals surface area (Å²) in [5, 5.41) is 7.27. The van der Waals surface area contributed by atoms with Crippen LogP contribution >= 0.6 is 0 Å². The molecule has 4 rings (SSSR count). The van der Waals surface area contributed by atoms with Crippen molar-refractivity contribution in [1.82, 2.24) is 10.6 Å². The number of ether oxygens (including phenoxy) is 1. The topological polar surface area (TPSA) is 79.8 Å². The highest BCUT2D eigenvalue weighted by molar-refractivity contribution is 7.91. The van der Waals surface area contributed by atoms with Gasteiger partial charge in [0.1, 0.15) is 0 Å². The van der Waals surface area contributed by atoms with Crippen LogP contribution < -0.4 is 10.6 Å². The molecule has 0 aromatic rings. The second-order valence-electron chi connectivity index (χ2n) is 8.70. The van der Waals surface area contributed by atoms with Crippen LogP contribution in [0.4, 0.5) is 0 Å². The zero-order valence-corrected chi connectivity index (χ0v) is 16.5. The van der Waals surface area contributed by atoms with Crippen molar-refractivity contribution in [3.63, 3.8) is 0 Å². The minimum absolute atomic E-state index is 0.177. The summed E-state index contributed by atoms with van der Waals surface area (Å²) in [5.74, 6) is 2.47. The molecule has 2 N–H and O–H groups in total. The van der Waals surface area contributed by atoms with E-state index in [0.29, 0.717) is 36.2 Å². The van der Waals surface area contributed by atoms with E-state index in [1.807, 2.05) is 0 Å². The highest BCUT2D eigenvalue weighted by Gasteiger charge is 2.36. The molecule has 0 aromatic carbocycles. The van der Waals surface area contributed by atoms with Gasteiger partial charge in [-0.05, 0) is 56.8 Å². The first kappa shape index (κ1) is 18.5. The SMILES string of the molecule is O=S1(=O)CCC(CN=C(NC2CCCC2)NC2CCOC(C3CC3)C2)C1. The smallest absolute Gasteiger partial charge is 0.191 e. The largest absolute Gasteiger partial charge is 0.378 e. The Morgan fingerprint density at radius 3 is 2.46 bits per heavy atom. The number of hydrogen-bond acceptors (Lipinski definition) is 4. The van der Waals surface area contributed by atoms with Crippen LogP contribution in [0.1, 0.15) is 57.8 Å². The van der Waals surface area contributed by atoms with Gasteiger partial charge in [0.05, 0.1) is 17.6 Å². The van der Waals surface area contributed by atoms with Crippen LogP contribution in [-0.2, 0) is 14.6 Å². The molecular weight excluding hydrogens is 350 g/mol. The summed E-state index contributed by atoms with van der Waals surface area (Å²) in [6, 6.07) is 0.918. The summed E-state index contributed by atoms with van der Waals surface area (Å²) >= 11 is 0. The average molecular weight is 384 g/mol. The molecule has 0 spiro atoms. The van der Waals surface area contributed by atoms with Crippen molar-refractivity contribution in [3.8, 4) is 0 Å². The van der Waals surface area contributed by atoms with Crippen LogP contribution in [0.5, 0.6) is 0 Å². The van der Waals surface area contributed by atoms with Crippen LogP contribution in [0.15, 0.2) is 4.99 Å². The van der Waals surface area contributed by atoms with Gasteiger partial charge in [0.15, 0.2) is 15.8 Å². The average Bonchev–Trinajstić information content (AvgIpc) is 3.24. The van der Waals surface area contributed by atoms with Crippen molar-refractivity contribution in [3.05, 3.63) is 0 Å². The monoisotopic (exact) mass is 383 g/mol. The van der Waals surface area contributed by atoms with E-state index in [4.69, 9.17) is 9.73 Å². The lowest BCUT2D eigenvalue weighted by Crippen LogP contribution is -2.50. The number of rotatable bonds is 5. The van der Waals surface area contributed by atoms with Crippen LogP contribution in [0.3, 0.4) is 0 Å². The van der Waals surface area contributed by atoms with Gasteiger partial charge in [0.25, 0.3) is 0 Å². The highest BCUT2D eigenvalue weighted by Crippen LogP contribution is 2.38. The number of aliphatic imine (C=N–C) groups is 1. The van der Waals surface area contributed by atoms with E-state index in [9.17, 15) is 8.42 Å². The fraction of sp³-hybridized carbons (Fsp3) is 0.947. The van der Waals surface area contributed by atoms with Crippen molar-refractivity contribution >= 4 is 15.8 Å². The molecule has 7 heteroatoms. The zero-order chi connectivity index (χ0) is 18.0. The number of nitrogens with one attached hydrogen (secondary N) is 2. The lowest BCUT2D eigenvalue weighted by Gasteiger charge is -2.32. The lowest BCUT2D eigenvalue weighted by atomic mass is 10.0. The van der Waals surface area contributed by atoms with Crippen LogP contribution in [-0.4, -0.2) is 57.2 Å². The summed E-state index contributed by atoms with van der Waals surface area (Å²) in [6.45, 7) is 1.44. The molecule has 0 radical (unpaired) electrons. The second kappa shape index (κ2) is 8.05. The molecule has 26 heavy (non-hydrogen) atoms. The van der Waals surface area contributed by atoms with Crippen molar-refractivity contribution in [1.29, 1.82) is 0 Å². The maximum absolute atomic E-state index is 11.7. The third-order valence-corrected chi connectivity index (χ3v) is 8.17. The van der Waals surface area contributed by atoms with Gasteiger partial charge in [-0.2, -0.15) is 0 Å². The third kappa shape index (κ3) is 5.12. The molecule has 2 aliphatic carbocycles. The van der Waals surface area contributed by atoms with E-state index in [-0.39, 0.29) is 5.92 Å². The molecule has 4 fully saturated rings. The van der Waals surface area contributed by atoms with Crippen molar-refractivity contribution in [2.75, 3.05) is 24.7 Å². The summed E-state index contributed by atoms with van der Waals surface area (Å²) in [7, 11) is -2.83. The zero-order valence-electron chi connectivity index (χ0n) is 15.7. The van der Waals surface area contributed by atoms with Gasteiger partial charge >= 0.3 is 0 Å². The number of sulfone groups is 1. The van der Waals surface area contributed by atoms with Crippen molar-refractivity contribution < 1.29 is 13.2 Å². The third-order valence-electron chi connectivity index (χ3n) is 6.33. The van der Waals surface area contributed by atoms with E-state index < -0.39 is 9.84 Å². The first-order chi connectivity index (χ1) is 12.6. The Kier molecular flexibility index (Phi) is 5.74. The van der Waals surface area contributed by atoms with Crippen LogP contribution in [0, 0.1) is 11.8 Å². The van der Waals surface area contributed by atoms with E-state index in [0.717, 1.165) is 37.7 Å². The summed E-state index contributed by atoms with van der Waals surface area (Å²) in [6.07, 6.45) is 10.9. The molecular formula is C19H33N3O3S. The van der Waals surface area contributed by atoms with Gasteiger partial charge in [0.2, 0.25) is 0 Å². The molecule has 2 saturated carbocycles. The van der Waals surface area contributed by atoms with Gasteiger partial charge in [-0.15, -0.1) is 0 Å². The predicted molar refractivity (Wildman–Crippen MR) is 103 cm³/mol. The first-order valence-corrected chi connectivity index (χ1v) is 12.3. The Morgan fingerprint density at radius 2 is 1.77 bits per heavy atom. The van der Waals surface area contributed by atoms with Crippen molar-refractivity contribution in [2.45, 2.75) is 76.0 Å². The maximum atomic E-state index is 11.7. The number of nitrogens with zero attached hydrogens (tertiary/aromatic N) is 1. The molecule has 148 valence electrons. The minimum Gasteiger partial charge on any atom is -0.378 e. The van der Waals surface area contributed by atoms with Gasteiger partial charge in [-0.1, -0.05) is 12.8 Å². The van der Waals surface area contributed by atoms with E-state index in [2.05, 4.69) is 10.6 Å². The predicted octanol–water partition coefficient (Wildman–Crippen LogP) is 1.86. The molecule has 3 atom stereocenters. The van der Waals surface area contributed by atoms with Crippen LogP contribution in [0.25, 0.3) is 0 Å². The van der Waals surface area contributed by atoms with Crippen LogP contribution in [0.2, 0.25) is 0 Å². The van der Waals surface area contributed by atoms with Gasteiger partial charge in [-0.3, -0.25) is 4.99 Å². The molecule has 2 aliphatic heterocycles. The molecule has 2 saturated heterocycles. The summed E-state index contributed by atoms with van der Waals surface area (Å²) < 4.78 is 29.3. The molecule has 0 amide bonds. The Bertz CT molecular complexity index is 612. The Morgan fingerprint density at radius 1 is 1.00 bits per heavy atom. The lowest BCUT2D eigenvalue weighted by molar-refractivity contribution is -0.00828. The van der Waals surface area contributed by atoms with E-state index in [1.54, 1.807) is 0 Å². The molecule has 6 nitrogen and oxygen atoms in total. The Hall–Kier alpha value is -0.820. The van der Waals surface area contributed by atoms with Gasteiger partial charge in [-0.25, -0.2) is 8.42 Å². The fourth-order valence-electron chi connectivity index (χ4n) is 4.58. The molecule has 0 aromatic heterocycles. The van der Waals surface area contributed by atoms with E-state index >= 15 is 0 Å². The maximum Gasteiger partial charge on any atom is 0.191 e. The van der Waals surface area contributed by atoms with E-state index in [1.165, 1.54) is 38.5 Å². The minimum atomic E-state index is -2.83. The number of hydrogen-bond donors (Lipinski definition) is 2. The fourth-order valence-corrected chi connectivity index (χ4v) is 6.43. The molecule has 4 aliphatic rings. The standard InChI is InChI=1S/C19H33N3O3S/c23-26(24)10-8-14(13-26)12-20-19(21-16-3-1-2-4-16)22-17-7-9-25-18(11-17)15-5-6-15/h14-18H,1-13H2,(H2,20,21,22). The summed E-state index contributed by atoms with van der Waals surface area (Å²) in [5.41, 5.74) is 0. The molecule has 3 unspecified atom stereocenters. The molecule has 2 heterocycles. The quantitative estimate of drug-likeness (QED) is 0.559. The van der Waals surface area contributed by atoms with Gasteiger partial charge < -0.3 is 15.4 Å². The van der Waals surface area contributed by atoms with Gasteiger partial charge in [0, 0.05) is 25.2 Å². The summed E-state index contributed by atoms with van der Waals surface area (Å²) in [4.78, 5) is 4.80.